The van der Waals surface area contributed by atoms with Crippen molar-refractivity contribution in [3.05, 3.63) is 47.5 Å². The van der Waals surface area contributed by atoms with Crippen LogP contribution in [0, 0.1) is 0 Å². The van der Waals surface area contributed by atoms with Crippen molar-refractivity contribution >= 4 is 25.2 Å². The lowest BCUT2D eigenvalue weighted by Gasteiger charge is -2.44. The first-order chi connectivity index (χ1) is 20.1. The molecule has 41 heavy (non-hydrogen) atoms. The van der Waals surface area contributed by atoms with Gasteiger partial charge in [0.25, 0.3) is 0 Å². The predicted octanol–water partition coefficient (Wildman–Crippen LogP) is 7.48. The Hall–Kier alpha value is -1.59. The number of unbranched alkanes of at least 4 members (excludes halogenated alkanes) is 4. The van der Waals surface area contributed by atoms with Crippen molar-refractivity contribution in [1.82, 2.24) is 0 Å². The quantitative estimate of drug-likeness (QED) is 0.226. The highest BCUT2D eigenvalue weighted by Gasteiger charge is 2.47. The summed E-state index contributed by atoms with van der Waals surface area (Å²) >= 11 is 0. The molecule has 2 heterocycles. The molecule has 3 aliphatic rings. The molecule has 0 radical (unpaired) electrons. The van der Waals surface area contributed by atoms with Crippen LogP contribution in [-0.4, -0.2) is 40.7 Å². The topological polar surface area (TPSA) is 36.9 Å². The third-order valence-corrected chi connectivity index (χ3v) is 10.0. The van der Waals surface area contributed by atoms with Crippen LogP contribution in [0.25, 0.3) is 11.1 Å². The first-order valence-corrected chi connectivity index (χ1v) is 16.9. The zero-order chi connectivity index (χ0) is 28.7. The standard InChI is InChI=1S/C35H52B2O4/c1-5-9-17-34(18-10-6-2)27-35(19-11-7-3,20-12-8-4)33-26-29(37-40-23-24-41-37)14-16-31(33)30-15-13-28(25-32(30)34)36-38-21-22-39-36/h13-16,25-26H,5-12,17-24,27H2,1-4H3. The highest BCUT2D eigenvalue weighted by atomic mass is 16.6. The molecule has 2 aliphatic heterocycles. The Morgan fingerprint density at radius 2 is 0.878 bits per heavy atom. The molecule has 2 aromatic rings. The Balaban J connectivity index is 1.76. The first-order valence-electron chi connectivity index (χ1n) is 16.9. The summed E-state index contributed by atoms with van der Waals surface area (Å²) < 4.78 is 24.1. The van der Waals surface area contributed by atoms with Crippen molar-refractivity contribution in [2.24, 2.45) is 0 Å². The van der Waals surface area contributed by atoms with E-state index in [4.69, 9.17) is 18.6 Å². The van der Waals surface area contributed by atoms with E-state index < -0.39 is 0 Å². The van der Waals surface area contributed by atoms with Gasteiger partial charge in [0, 0.05) is 0 Å². The first kappa shape index (κ1) is 30.9. The summed E-state index contributed by atoms with van der Waals surface area (Å²) in [5.41, 5.74) is 8.51. The van der Waals surface area contributed by atoms with Crippen molar-refractivity contribution in [2.45, 2.75) is 122 Å². The smallest absolute Gasteiger partial charge is 0.405 e. The molecular formula is C35H52B2O4. The van der Waals surface area contributed by atoms with Gasteiger partial charge in [0.05, 0.1) is 26.4 Å². The van der Waals surface area contributed by atoms with Crippen LogP contribution in [0.1, 0.15) is 122 Å². The van der Waals surface area contributed by atoms with Crippen molar-refractivity contribution in [3.8, 4) is 11.1 Å². The molecule has 0 saturated carbocycles. The minimum absolute atomic E-state index is 0.122. The summed E-state index contributed by atoms with van der Waals surface area (Å²) in [5.74, 6) is 0. The highest BCUT2D eigenvalue weighted by Crippen LogP contribution is 2.56. The minimum Gasteiger partial charge on any atom is -0.405 e. The van der Waals surface area contributed by atoms with Crippen LogP contribution in [0.4, 0.5) is 0 Å². The Kier molecular flexibility index (Phi) is 10.7. The maximum absolute atomic E-state index is 6.03. The van der Waals surface area contributed by atoms with Crippen molar-refractivity contribution < 1.29 is 18.6 Å². The normalized spacial score (nSPS) is 19.3. The molecule has 2 fully saturated rings. The molecule has 0 spiro atoms. The fraction of sp³-hybridized carbons (Fsp3) is 0.657. The molecule has 0 amide bonds. The second-order valence-corrected chi connectivity index (χ2v) is 12.9. The Morgan fingerprint density at radius 3 is 1.20 bits per heavy atom. The van der Waals surface area contributed by atoms with Crippen LogP contribution in [0.15, 0.2) is 36.4 Å². The fourth-order valence-corrected chi connectivity index (χ4v) is 7.91. The van der Waals surface area contributed by atoms with Crippen LogP contribution >= 0.6 is 0 Å². The zero-order valence-electron chi connectivity index (χ0n) is 26.3. The molecule has 5 rings (SSSR count). The van der Waals surface area contributed by atoms with Gasteiger partial charge in [-0.3, -0.25) is 0 Å². The van der Waals surface area contributed by atoms with Gasteiger partial charge < -0.3 is 18.6 Å². The molecule has 2 aromatic carbocycles. The Morgan fingerprint density at radius 1 is 0.537 bits per heavy atom. The number of hydrogen-bond acceptors (Lipinski definition) is 4. The lowest BCUT2D eigenvalue weighted by atomic mass is 9.59. The van der Waals surface area contributed by atoms with E-state index in [1.165, 1.54) is 117 Å². The number of benzene rings is 2. The minimum atomic E-state index is -0.248. The second kappa shape index (κ2) is 14.3. The third kappa shape index (κ3) is 6.51. The molecule has 0 bridgehead atoms. The molecule has 6 heteroatoms. The summed E-state index contributed by atoms with van der Waals surface area (Å²) in [5, 5.41) is 0. The van der Waals surface area contributed by atoms with Crippen LogP contribution in [-0.2, 0) is 29.4 Å². The second-order valence-electron chi connectivity index (χ2n) is 12.9. The SMILES string of the molecule is CCCCC1(CCCC)CC(CCCC)(CCCC)c2cc(B3OCCO3)ccc2-c2ccc(B3OCCO3)cc21. The highest BCUT2D eigenvalue weighted by molar-refractivity contribution is 6.62. The van der Waals surface area contributed by atoms with Gasteiger partial charge >= 0.3 is 14.2 Å². The lowest BCUT2D eigenvalue weighted by molar-refractivity contribution is 0.208. The third-order valence-electron chi connectivity index (χ3n) is 10.0. The number of rotatable bonds is 14. The molecule has 4 nitrogen and oxygen atoms in total. The van der Waals surface area contributed by atoms with E-state index in [-0.39, 0.29) is 25.1 Å². The molecule has 0 atom stereocenters. The van der Waals surface area contributed by atoms with Gasteiger partial charge in [-0.1, -0.05) is 115 Å². The average molecular weight is 558 g/mol. The largest absolute Gasteiger partial charge is 0.494 e. The van der Waals surface area contributed by atoms with E-state index in [1.807, 2.05) is 0 Å². The number of hydrogen-bond donors (Lipinski definition) is 0. The van der Waals surface area contributed by atoms with E-state index >= 15 is 0 Å². The van der Waals surface area contributed by atoms with Crippen LogP contribution in [0.2, 0.25) is 0 Å². The van der Waals surface area contributed by atoms with Gasteiger partial charge in [-0.15, -0.1) is 0 Å². The monoisotopic (exact) mass is 558 g/mol. The van der Waals surface area contributed by atoms with Crippen molar-refractivity contribution in [1.29, 1.82) is 0 Å². The molecule has 2 saturated heterocycles. The maximum Gasteiger partial charge on any atom is 0.494 e. The maximum atomic E-state index is 6.03. The van der Waals surface area contributed by atoms with E-state index in [0.717, 1.165) is 0 Å². The molecule has 222 valence electrons. The molecular weight excluding hydrogens is 506 g/mol. The fourth-order valence-electron chi connectivity index (χ4n) is 7.91. The summed E-state index contributed by atoms with van der Waals surface area (Å²) in [6.45, 7) is 12.1. The summed E-state index contributed by atoms with van der Waals surface area (Å²) in [4.78, 5) is 0. The van der Waals surface area contributed by atoms with Crippen LogP contribution in [0.5, 0.6) is 0 Å². The number of fused-ring (bicyclic) bond motifs is 3. The molecule has 0 unspecified atom stereocenters. The zero-order valence-corrected chi connectivity index (χ0v) is 26.3. The van der Waals surface area contributed by atoms with Gasteiger partial charge in [-0.25, -0.2) is 0 Å². The van der Waals surface area contributed by atoms with Gasteiger partial charge in [-0.2, -0.15) is 0 Å². The molecule has 0 N–H and O–H groups in total. The predicted molar refractivity (Wildman–Crippen MR) is 173 cm³/mol. The summed E-state index contributed by atoms with van der Waals surface area (Å²) in [6.07, 6.45) is 16.1. The van der Waals surface area contributed by atoms with Gasteiger partial charge in [0.15, 0.2) is 0 Å². The lowest BCUT2D eigenvalue weighted by Crippen LogP contribution is -2.40. The van der Waals surface area contributed by atoms with Crippen LogP contribution in [0.3, 0.4) is 0 Å². The van der Waals surface area contributed by atoms with Gasteiger partial charge in [0.1, 0.15) is 0 Å². The van der Waals surface area contributed by atoms with Crippen molar-refractivity contribution in [2.75, 3.05) is 26.4 Å². The molecule has 0 aromatic heterocycles. The van der Waals surface area contributed by atoms with Gasteiger partial charge in [-0.05, 0) is 76.1 Å². The van der Waals surface area contributed by atoms with E-state index in [9.17, 15) is 0 Å². The Bertz CT molecular complexity index is 1020. The summed E-state index contributed by atoms with van der Waals surface area (Å²) in [6, 6.07) is 14.3. The van der Waals surface area contributed by atoms with E-state index in [1.54, 1.807) is 0 Å². The van der Waals surface area contributed by atoms with Crippen molar-refractivity contribution in [3.63, 3.8) is 0 Å². The average Bonchev–Trinajstić information content (AvgIpc) is 3.74. The van der Waals surface area contributed by atoms with Crippen LogP contribution < -0.4 is 10.9 Å². The van der Waals surface area contributed by atoms with E-state index in [0.29, 0.717) is 26.4 Å². The van der Waals surface area contributed by atoms with E-state index in [2.05, 4.69) is 64.1 Å². The summed E-state index contributed by atoms with van der Waals surface area (Å²) in [7, 11) is -0.496. The van der Waals surface area contributed by atoms with Gasteiger partial charge in [0.2, 0.25) is 0 Å². The molecule has 1 aliphatic carbocycles. The Labute approximate surface area is 250 Å².